The molecule has 0 aliphatic heterocycles. The normalized spacial score (nSPS) is 21.9. The van der Waals surface area contributed by atoms with E-state index in [0.29, 0.717) is 22.7 Å². The summed E-state index contributed by atoms with van der Waals surface area (Å²) in [6.07, 6.45) is 4.68. The number of hydrogen-bond donors (Lipinski definition) is 3. The standard InChI is InChI=1S/C15H23N3O/c1-15(2)7-3-4-11(9-15)18-13-8-10(16)5-6-12(13)14(17)19/h5-6,8,11,18H,3-4,7,9,16H2,1-2H3,(H2,17,19). The van der Waals surface area contributed by atoms with Gasteiger partial charge < -0.3 is 16.8 Å². The van der Waals surface area contributed by atoms with E-state index < -0.39 is 5.91 Å². The van der Waals surface area contributed by atoms with Crippen molar-refractivity contribution in [1.82, 2.24) is 0 Å². The van der Waals surface area contributed by atoms with Gasteiger partial charge in [-0.05, 0) is 42.9 Å². The van der Waals surface area contributed by atoms with Gasteiger partial charge in [0, 0.05) is 17.4 Å². The summed E-state index contributed by atoms with van der Waals surface area (Å²) in [5, 5.41) is 3.45. The Kier molecular flexibility index (Phi) is 3.69. The van der Waals surface area contributed by atoms with Gasteiger partial charge >= 0.3 is 0 Å². The fourth-order valence-electron chi connectivity index (χ4n) is 2.94. The average Bonchev–Trinajstić information content (AvgIpc) is 2.27. The second-order valence-corrected chi connectivity index (χ2v) is 6.27. The molecule has 4 nitrogen and oxygen atoms in total. The topological polar surface area (TPSA) is 81.1 Å². The molecule has 1 unspecified atom stereocenters. The monoisotopic (exact) mass is 261 g/mol. The molecule has 0 saturated heterocycles. The number of anilines is 2. The fraction of sp³-hybridized carbons (Fsp3) is 0.533. The first-order valence-electron chi connectivity index (χ1n) is 6.83. The predicted octanol–water partition coefficient (Wildman–Crippen LogP) is 2.75. The highest BCUT2D eigenvalue weighted by atomic mass is 16.1. The third-order valence-electron chi connectivity index (χ3n) is 3.87. The third-order valence-corrected chi connectivity index (χ3v) is 3.87. The molecule has 1 fully saturated rings. The summed E-state index contributed by atoms with van der Waals surface area (Å²) in [7, 11) is 0. The van der Waals surface area contributed by atoms with Gasteiger partial charge in [-0.15, -0.1) is 0 Å². The minimum atomic E-state index is -0.419. The van der Waals surface area contributed by atoms with Gasteiger partial charge in [-0.2, -0.15) is 0 Å². The summed E-state index contributed by atoms with van der Waals surface area (Å²) in [5.41, 5.74) is 13.5. The Balaban J connectivity index is 2.18. The zero-order valence-electron chi connectivity index (χ0n) is 11.7. The molecule has 19 heavy (non-hydrogen) atoms. The predicted molar refractivity (Wildman–Crippen MR) is 79.0 cm³/mol. The van der Waals surface area contributed by atoms with Crippen molar-refractivity contribution in [2.24, 2.45) is 11.1 Å². The van der Waals surface area contributed by atoms with Gasteiger partial charge in [-0.1, -0.05) is 20.3 Å². The van der Waals surface area contributed by atoms with Crippen LogP contribution in [0.3, 0.4) is 0 Å². The molecular weight excluding hydrogens is 238 g/mol. The van der Waals surface area contributed by atoms with Crippen LogP contribution < -0.4 is 16.8 Å². The molecule has 1 aliphatic carbocycles. The highest BCUT2D eigenvalue weighted by molar-refractivity contribution is 5.99. The van der Waals surface area contributed by atoms with Crippen molar-refractivity contribution >= 4 is 17.3 Å². The number of primary amides is 1. The van der Waals surface area contributed by atoms with Gasteiger partial charge in [0.15, 0.2) is 0 Å². The highest BCUT2D eigenvalue weighted by Crippen LogP contribution is 2.36. The molecule has 1 aromatic rings. The maximum absolute atomic E-state index is 11.4. The number of nitrogens with two attached hydrogens (primary N) is 2. The summed E-state index contributed by atoms with van der Waals surface area (Å²) in [4.78, 5) is 11.4. The van der Waals surface area contributed by atoms with Crippen molar-refractivity contribution in [1.29, 1.82) is 0 Å². The van der Waals surface area contributed by atoms with Crippen LogP contribution in [0.1, 0.15) is 49.9 Å². The molecule has 1 amide bonds. The molecule has 0 spiro atoms. The van der Waals surface area contributed by atoms with Crippen LogP contribution in [-0.2, 0) is 0 Å². The van der Waals surface area contributed by atoms with E-state index >= 15 is 0 Å². The second-order valence-electron chi connectivity index (χ2n) is 6.27. The van der Waals surface area contributed by atoms with Gasteiger partial charge in [-0.3, -0.25) is 4.79 Å². The maximum atomic E-state index is 11.4. The summed E-state index contributed by atoms with van der Waals surface area (Å²) < 4.78 is 0. The Morgan fingerprint density at radius 3 is 2.79 bits per heavy atom. The number of carbonyl (C=O) groups is 1. The number of nitrogens with one attached hydrogen (secondary N) is 1. The highest BCUT2D eigenvalue weighted by Gasteiger charge is 2.28. The van der Waals surface area contributed by atoms with Crippen LogP contribution >= 0.6 is 0 Å². The molecule has 0 aromatic heterocycles. The van der Waals surface area contributed by atoms with Crippen molar-refractivity contribution in [3.05, 3.63) is 23.8 Å². The molecule has 1 aliphatic rings. The molecule has 2 rings (SSSR count). The zero-order chi connectivity index (χ0) is 14.0. The SMILES string of the molecule is CC1(C)CCCC(Nc2cc(N)ccc2C(N)=O)C1. The largest absolute Gasteiger partial charge is 0.399 e. The van der Waals surface area contributed by atoms with Gasteiger partial charge in [0.05, 0.1) is 5.56 Å². The lowest BCUT2D eigenvalue weighted by Gasteiger charge is -2.36. The molecule has 0 heterocycles. The number of benzene rings is 1. The molecule has 104 valence electrons. The lowest BCUT2D eigenvalue weighted by atomic mass is 9.75. The van der Waals surface area contributed by atoms with Crippen molar-refractivity contribution in [2.75, 3.05) is 11.1 Å². The first-order chi connectivity index (χ1) is 8.87. The van der Waals surface area contributed by atoms with Gasteiger partial charge in [0.2, 0.25) is 0 Å². The minimum Gasteiger partial charge on any atom is -0.399 e. The molecule has 0 radical (unpaired) electrons. The molecule has 1 aromatic carbocycles. The fourth-order valence-corrected chi connectivity index (χ4v) is 2.94. The van der Waals surface area contributed by atoms with Crippen LogP contribution in [0.5, 0.6) is 0 Å². The first-order valence-corrected chi connectivity index (χ1v) is 6.83. The number of rotatable bonds is 3. The average molecular weight is 261 g/mol. The Morgan fingerprint density at radius 2 is 2.16 bits per heavy atom. The van der Waals surface area contributed by atoms with Crippen LogP contribution in [0.2, 0.25) is 0 Å². The van der Waals surface area contributed by atoms with Crippen LogP contribution in [0.15, 0.2) is 18.2 Å². The first kappa shape index (κ1) is 13.7. The quantitative estimate of drug-likeness (QED) is 0.732. The maximum Gasteiger partial charge on any atom is 0.250 e. The molecule has 0 bridgehead atoms. The Labute approximate surface area is 114 Å². The van der Waals surface area contributed by atoms with E-state index in [0.717, 1.165) is 18.5 Å². The Morgan fingerprint density at radius 1 is 1.42 bits per heavy atom. The summed E-state index contributed by atoms with van der Waals surface area (Å²) >= 11 is 0. The Hall–Kier alpha value is -1.71. The van der Waals surface area contributed by atoms with Crippen molar-refractivity contribution in [2.45, 2.75) is 45.6 Å². The second kappa shape index (κ2) is 5.11. The van der Waals surface area contributed by atoms with E-state index in [1.54, 1.807) is 18.2 Å². The van der Waals surface area contributed by atoms with E-state index in [1.807, 2.05) is 0 Å². The van der Waals surface area contributed by atoms with Crippen LogP contribution in [0.4, 0.5) is 11.4 Å². The van der Waals surface area contributed by atoms with Crippen molar-refractivity contribution in [3.8, 4) is 0 Å². The van der Waals surface area contributed by atoms with E-state index in [1.165, 1.54) is 12.8 Å². The van der Waals surface area contributed by atoms with E-state index in [2.05, 4.69) is 19.2 Å². The minimum absolute atomic E-state index is 0.350. The lowest BCUT2D eigenvalue weighted by molar-refractivity contribution is 0.100. The number of hydrogen-bond acceptors (Lipinski definition) is 3. The van der Waals surface area contributed by atoms with Gasteiger partial charge in [-0.25, -0.2) is 0 Å². The van der Waals surface area contributed by atoms with Crippen molar-refractivity contribution in [3.63, 3.8) is 0 Å². The van der Waals surface area contributed by atoms with Crippen LogP contribution in [0, 0.1) is 5.41 Å². The summed E-state index contributed by atoms with van der Waals surface area (Å²) in [6.45, 7) is 4.57. The van der Waals surface area contributed by atoms with Gasteiger partial charge in [0.25, 0.3) is 5.91 Å². The van der Waals surface area contributed by atoms with E-state index in [-0.39, 0.29) is 0 Å². The molecule has 1 saturated carbocycles. The summed E-state index contributed by atoms with van der Waals surface area (Å²) in [5.74, 6) is -0.419. The zero-order valence-corrected chi connectivity index (χ0v) is 11.7. The molecule has 4 heteroatoms. The molecular formula is C15H23N3O. The van der Waals surface area contributed by atoms with E-state index in [9.17, 15) is 4.79 Å². The van der Waals surface area contributed by atoms with Crippen LogP contribution in [-0.4, -0.2) is 11.9 Å². The smallest absolute Gasteiger partial charge is 0.250 e. The molecule has 5 N–H and O–H groups in total. The number of nitrogen functional groups attached to an aromatic ring is 1. The number of carbonyl (C=O) groups excluding carboxylic acids is 1. The Bertz CT molecular complexity index is 482. The van der Waals surface area contributed by atoms with Gasteiger partial charge in [0.1, 0.15) is 0 Å². The third kappa shape index (κ3) is 3.40. The van der Waals surface area contributed by atoms with Crippen molar-refractivity contribution < 1.29 is 4.79 Å². The number of amides is 1. The van der Waals surface area contributed by atoms with E-state index in [4.69, 9.17) is 11.5 Å². The molecule has 1 atom stereocenters. The summed E-state index contributed by atoms with van der Waals surface area (Å²) in [6, 6.07) is 5.56. The van der Waals surface area contributed by atoms with Crippen LogP contribution in [0.25, 0.3) is 0 Å². The lowest BCUT2D eigenvalue weighted by Crippen LogP contribution is -2.32.